The van der Waals surface area contributed by atoms with Crippen molar-refractivity contribution in [3.8, 4) is 0 Å². The van der Waals surface area contributed by atoms with E-state index in [4.69, 9.17) is 5.73 Å². The monoisotopic (exact) mass is 204 g/mol. The first-order valence-electron chi connectivity index (χ1n) is 5.21. The summed E-state index contributed by atoms with van der Waals surface area (Å²) >= 11 is 0. The lowest BCUT2D eigenvalue weighted by Crippen LogP contribution is -2.23. The standard InChI is InChI=1S/C12H16N2O/c1-7-3-8(2)12-9(11(15)5-13)6-14-10(12)4-7/h3-4,9,14H,5-6,13H2,1-2H3. The molecule has 80 valence electrons. The number of carbonyl (C=O) groups excluding carboxylic acids is 1. The predicted octanol–water partition coefficient (Wildman–Crippen LogP) is 1.34. The summed E-state index contributed by atoms with van der Waals surface area (Å²) in [4.78, 5) is 11.6. The van der Waals surface area contributed by atoms with Crippen LogP contribution >= 0.6 is 0 Å². The molecule has 3 N–H and O–H groups in total. The van der Waals surface area contributed by atoms with Gasteiger partial charge in [0.2, 0.25) is 0 Å². The SMILES string of the molecule is Cc1cc(C)c2c(c1)NCC2C(=O)CN. The first-order chi connectivity index (χ1) is 7.13. The summed E-state index contributed by atoms with van der Waals surface area (Å²) in [5.74, 6) is 0.0683. The summed E-state index contributed by atoms with van der Waals surface area (Å²) in [6, 6.07) is 4.20. The van der Waals surface area contributed by atoms with Crippen molar-refractivity contribution in [1.29, 1.82) is 0 Å². The highest BCUT2D eigenvalue weighted by Gasteiger charge is 2.28. The Balaban J connectivity index is 2.46. The molecule has 2 rings (SSSR count). The molecular formula is C12H16N2O. The van der Waals surface area contributed by atoms with Gasteiger partial charge in [0.05, 0.1) is 12.5 Å². The van der Waals surface area contributed by atoms with E-state index in [1.807, 2.05) is 0 Å². The lowest BCUT2D eigenvalue weighted by atomic mass is 9.92. The third-order valence-corrected chi connectivity index (χ3v) is 2.97. The summed E-state index contributed by atoms with van der Waals surface area (Å²) in [5.41, 5.74) is 10.0. The van der Waals surface area contributed by atoms with E-state index in [1.165, 1.54) is 11.1 Å². The molecule has 0 fully saturated rings. The molecule has 0 radical (unpaired) electrons. The minimum Gasteiger partial charge on any atom is -0.384 e. The van der Waals surface area contributed by atoms with Crippen LogP contribution in [0.2, 0.25) is 0 Å². The number of ketones is 1. The highest BCUT2D eigenvalue weighted by atomic mass is 16.1. The molecule has 0 spiro atoms. The molecule has 1 heterocycles. The van der Waals surface area contributed by atoms with E-state index in [-0.39, 0.29) is 18.2 Å². The molecule has 0 aromatic heterocycles. The first kappa shape index (κ1) is 10.2. The van der Waals surface area contributed by atoms with Crippen LogP contribution in [0.1, 0.15) is 22.6 Å². The number of benzene rings is 1. The highest BCUT2D eigenvalue weighted by molar-refractivity contribution is 5.91. The zero-order chi connectivity index (χ0) is 11.0. The van der Waals surface area contributed by atoms with Crippen LogP contribution in [0.4, 0.5) is 5.69 Å². The van der Waals surface area contributed by atoms with Gasteiger partial charge in [-0.2, -0.15) is 0 Å². The first-order valence-corrected chi connectivity index (χ1v) is 5.21. The van der Waals surface area contributed by atoms with Crippen LogP contribution in [-0.4, -0.2) is 18.9 Å². The van der Waals surface area contributed by atoms with Gasteiger partial charge in [-0.05, 0) is 36.6 Å². The number of rotatable bonds is 2. The molecule has 1 unspecified atom stereocenters. The number of anilines is 1. The zero-order valence-electron chi connectivity index (χ0n) is 9.13. The number of Topliss-reactive ketones (excluding diaryl/α,β-unsaturated/α-hetero) is 1. The quantitative estimate of drug-likeness (QED) is 0.764. The van der Waals surface area contributed by atoms with E-state index in [9.17, 15) is 4.79 Å². The van der Waals surface area contributed by atoms with E-state index in [0.717, 1.165) is 11.3 Å². The van der Waals surface area contributed by atoms with Gasteiger partial charge < -0.3 is 11.1 Å². The minimum absolute atomic E-state index is 0.0504. The van der Waals surface area contributed by atoms with Crippen LogP contribution in [-0.2, 0) is 4.79 Å². The van der Waals surface area contributed by atoms with Crippen molar-refractivity contribution in [3.63, 3.8) is 0 Å². The van der Waals surface area contributed by atoms with E-state index in [2.05, 4.69) is 31.3 Å². The number of nitrogens with two attached hydrogens (primary N) is 1. The number of carbonyl (C=O) groups is 1. The van der Waals surface area contributed by atoms with Crippen LogP contribution in [0.3, 0.4) is 0 Å². The Morgan fingerprint density at radius 2 is 2.27 bits per heavy atom. The van der Waals surface area contributed by atoms with Gasteiger partial charge in [0.15, 0.2) is 5.78 Å². The molecule has 0 bridgehead atoms. The molecule has 1 aromatic carbocycles. The summed E-state index contributed by atoms with van der Waals surface area (Å²) in [5, 5.41) is 3.27. The van der Waals surface area contributed by atoms with Crippen molar-refractivity contribution in [3.05, 3.63) is 28.8 Å². The maximum Gasteiger partial charge on any atom is 0.155 e. The third-order valence-electron chi connectivity index (χ3n) is 2.97. The van der Waals surface area contributed by atoms with Crippen LogP contribution < -0.4 is 11.1 Å². The maximum atomic E-state index is 11.6. The number of aryl methyl sites for hydroxylation is 2. The normalized spacial score (nSPS) is 18.5. The van der Waals surface area contributed by atoms with Crippen molar-refractivity contribution >= 4 is 11.5 Å². The highest BCUT2D eigenvalue weighted by Crippen LogP contribution is 2.35. The van der Waals surface area contributed by atoms with Gasteiger partial charge in [0.1, 0.15) is 0 Å². The lowest BCUT2D eigenvalue weighted by Gasteiger charge is -2.11. The molecule has 1 aliphatic heterocycles. The Morgan fingerprint density at radius 1 is 1.53 bits per heavy atom. The third kappa shape index (κ3) is 1.63. The molecule has 1 aliphatic rings. The molecule has 3 nitrogen and oxygen atoms in total. The predicted molar refractivity (Wildman–Crippen MR) is 61.2 cm³/mol. The fourth-order valence-corrected chi connectivity index (χ4v) is 2.32. The Kier molecular flexibility index (Phi) is 2.49. The fourth-order valence-electron chi connectivity index (χ4n) is 2.32. The average Bonchev–Trinajstić information content (AvgIpc) is 2.60. The van der Waals surface area contributed by atoms with Gasteiger partial charge in [-0.1, -0.05) is 6.07 Å². The maximum absolute atomic E-state index is 11.6. The molecule has 1 atom stereocenters. The summed E-state index contributed by atoms with van der Waals surface area (Å²) < 4.78 is 0. The average molecular weight is 204 g/mol. The van der Waals surface area contributed by atoms with Crippen molar-refractivity contribution in [2.24, 2.45) is 5.73 Å². The lowest BCUT2D eigenvalue weighted by molar-refractivity contribution is -0.118. The van der Waals surface area contributed by atoms with E-state index in [1.54, 1.807) is 0 Å². The number of hydrogen-bond donors (Lipinski definition) is 2. The molecule has 0 saturated heterocycles. The van der Waals surface area contributed by atoms with Crippen LogP contribution in [0, 0.1) is 13.8 Å². The fraction of sp³-hybridized carbons (Fsp3) is 0.417. The molecular weight excluding hydrogens is 188 g/mol. The number of nitrogens with one attached hydrogen (secondary N) is 1. The second kappa shape index (κ2) is 3.66. The smallest absolute Gasteiger partial charge is 0.155 e. The summed E-state index contributed by atoms with van der Waals surface area (Å²) in [6.45, 7) is 4.93. The van der Waals surface area contributed by atoms with Crippen molar-refractivity contribution in [2.45, 2.75) is 19.8 Å². The Hall–Kier alpha value is -1.35. The largest absolute Gasteiger partial charge is 0.384 e. The molecule has 15 heavy (non-hydrogen) atoms. The van der Waals surface area contributed by atoms with Crippen LogP contribution in [0.25, 0.3) is 0 Å². The van der Waals surface area contributed by atoms with Gasteiger partial charge in [-0.15, -0.1) is 0 Å². The molecule has 0 amide bonds. The molecule has 0 aliphatic carbocycles. The van der Waals surface area contributed by atoms with E-state index < -0.39 is 0 Å². The Morgan fingerprint density at radius 3 is 2.93 bits per heavy atom. The van der Waals surface area contributed by atoms with Crippen LogP contribution in [0.5, 0.6) is 0 Å². The summed E-state index contributed by atoms with van der Waals surface area (Å²) in [6.07, 6.45) is 0. The van der Waals surface area contributed by atoms with Gasteiger partial charge in [0, 0.05) is 12.2 Å². The van der Waals surface area contributed by atoms with E-state index >= 15 is 0 Å². The van der Waals surface area contributed by atoms with Gasteiger partial charge in [-0.3, -0.25) is 4.79 Å². The number of fused-ring (bicyclic) bond motifs is 1. The summed E-state index contributed by atoms with van der Waals surface area (Å²) in [7, 11) is 0. The molecule has 3 heteroatoms. The van der Waals surface area contributed by atoms with Crippen molar-refractivity contribution in [2.75, 3.05) is 18.4 Å². The van der Waals surface area contributed by atoms with E-state index in [0.29, 0.717) is 6.54 Å². The van der Waals surface area contributed by atoms with Crippen molar-refractivity contribution in [1.82, 2.24) is 0 Å². The van der Waals surface area contributed by atoms with Crippen molar-refractivity contribution < 1.29 is 4.79 Å². The second-order valence-electron chi connectivity index (χ2n) is 4.15. The molecule has 0 saturated carbocycles. The Bertz CT molecular complexity index is 412. The topological polar surface area (TPSA) is 55.1 Å². The van der Waals surface area contributed by atoms with Gasteiger partial charge in [-0.25, -0.2) is 0 Å². The molecule has 1 aromatic rings. The second-order valence-corrected chi connectivity index (χ2v) is 4.15. The zero-order valence-corrected chi connectivity index (χ0v) is 9.13. The van der Waals surface area contributed by atoms with Gasteiger partial charge >= 0.3 is 0 Å². The Labute approximate surface area is 89.7 Å². The van der Waals surface area contributed by atoms with Gasteiger partial charge in [0.25, 0.3) is 0 Å². The van der Waals surface area contributed by atoms with Crippen LogP contribution in [0.15, 0.2) is 12.1 Å². The minimum atomic E-state index is -0.0504. The number of hydrogen-bond acceptors (Lipinski definition) is 3.